The molecule has 0 saturated carbocycles. The number of nitrogens with zero attached hydrogens (tertiary/aromatic N) is 3. The van der Waals surface area contributed by atoms with Crippen LogP contribution >= 0.6 is 0 Å². The maximum Gasteiger partial charge on any atom is 0.242 e. The fourth-order valence-electron chi connectivity index (χ4n) is 2.15. The highest BCUT2D eigenvalue weighted by atomic mass is 16.1. The molecule has 0 bridgehead atoms. The minimum atomic E-state index is -0.902. The van der Waals surface area contributed by atoms with Gasteiger partial charge in [-0.3, -0.25) is 10.1 Å². The lowest BCUT2D eigenvalue weighted by atomic mass is 9.84. The fraction of sp³-hybridized carbons (Fsp3) is 0.462. The number of carbonyl (C=O) groups excluding carboxylic acids is 1. The van der Waals surface area contributed by atoms with Crippen LogP contribution in [-0.4, -0.2) is 19.0 Å². The Labute approximate surface area is 112 Å². The fourth-order valence-corrected chi connectivity index (χ4v) is 2.15. The van der Waals surface area contributed by atoms with Crippen LogP contribution in [-0.2, 0) is 10.3 Å². The number of primary amides is 1. The van der Waals surface area contributed by atoms with E-state index in [0.29, 0.717) is 13.0 Å². The molecular weight excluding hydrogens is 242 g/mol. The van der Waals surface area contributed by atoms with Gasteiger partial charge in [0.05, 0.1) is 0 Å². The standard InChI is InChI=1S/C13H19N5O/c1-2-8-13(12(14)19,16-9-10-17-18-15)11-6-4-3-5-7-11/h3-7,16H,2,8-10H2,1H3,(H2,14,19). The third kappa shape index (κ3) is 3.71. The van der Waals surface area contributed by atoms with Gasteiger partial charge in [0, 0.05) is 18.0 Å². The summed E-state index contributed by atoms with van der Waals surface area (Å²) in [6, 6.07) is 9.39. The molecule has 0 spiro atoms. The van der Waals surface area contributed by atoms with Crippen LogP contribution in [0.2, 0.25) is 0 Å². The van der Waals surface area contributed by atoms with Gasteiger partial charge in [0.2, 0.25) is 5.91 Å². The minimum Gasteiger partial charge on any atom is -0.368 e. The van der Waals surface area contributed by atoms with Gasteiger partial charge in [-0.2, -0.15) is 0 Å². The van der Waals surface area contributed by atoms with E-state index in [9.17, 15) is 4.79 Å². The quantitative estimate of drug-likeness (QED) is 0.323. The predicted octanol–water partition coefficient (Wildman–Crippen LogP) is 2.07. The lowest BCUT2D eigenvalue weighted by Crippen LogP contribution is -2.53. The molecule has 0 aromatic heterocycles. The Morgan fingerprint density at radius 1 is 1.47 bits per heavy atom. The Hall–Kier alpha value is -2.04. The molecule has 0 aliphatic rings. The second-order valence-corrected chi connectivity index (χ2v) is 4.27. The van der Waals surface area contributed by atoms with E-state index in [0.717, 1.165) is 12.0 Å². The molecule has 3 N–H and O–H groups in total. The summed E-state index contributed by atoms with van der Waals surface area (Å²) in [5.74, 6) is -0.415. The zero-order chi connectivity index (χ0) is 14.1. The molecule has 0 aliphatic carbocycles. The van der Waals surface area contributed by atoms with E-state index < -0.39 is 11.4 Å². The summed E-state index contributed by atoms with van der Waals surface area (Å²) in [5, 5.41) is 6.60. The first-order chi connectivity index (χ1) is 9.17. The molecule has 6 heteroatoms. The highest BCUT2D eigenvalue weighted by molar-refractivity contribution is 5.86. The third-order valence-corrected chi connectivity index (χ3v) is 3.01. The molecule has 1 atom stereocenters. The van der Waals surface area contributed by atoms with E-state index in [1.807, 2.05) is 37.3 Å². The molecule has 1 unspecified atom stereocenters. The van der Waals surface area contributed by atoms with Crippen molar-refractivity contribution in [3.63, 3.8) is 0 Å². The van der Waals surface area contributed by atoms with Crippen molar-refractivity contribution >= 4 is 5.91 Å². The number of nitrogens with one attached hydrogen (secondary N) is 1. The SMILES string of the molecule is CCCC(NCCN=[N+]=[N-])(C(N)=O)c1ccccc1. The first-order valence-corrected chi connectivity index (χ1v) is 6.28. The van der Waals surface area contributed by atoms with Gasteiger partial charge in [0.25, 0.3) is 0 Å². The van der Waals surface area contributed by atoms with Crippen LogP contribution in [0.15, 0.2) is 35.4 Å². The first-order valence-electron chi connectivity index (χ1n) is 6.28. The molecule has 0 heterocycles. The van der Waals surface area contributed by atoms with Crippen molar-refractivity contribution in [2.45, 2.75) is 25.3 Å². The van der Waals surface area contributed by atoms with Crippen molar-refractivity contribution in [3.05, 3.63) is 46.3 Å². The Kier molecular flexibility index (Phi) is 5.85. The molecular formula is C13H19N5O. The third-order valence-electron chi connectivity index (χ3n) is 3.01. The lowest BCUT2D eigenvalue weighted by Gasteiger charge is -2.32. The Morgan fingerprint density at radius 2 is 2.16 bits per heavy atom. The van der Waals surface area contributed by atoms with E-state index in [-0.39, 0.29) is 6.54 Å². The van der Waals surface area contributed by atoms with Gasteiger partial charge in [-0.05, 0) is 17.5 Å². The number of hydrogen-bond acceptors (Lipinski definition) is 3. The second-order valence-electron chi connectivity index (χ2n) is 4.27. The van der Waals surface area contributed by atoms with Gasteiger partial charge in [0.1, 0.15) is 5.54 Å². The van der Waals surface area contributed by atoms with Gasteiger partial charge in [-0.1, -0.05) is 48.8 Å². The smallest absolute Gasteiger partial charge is 0.242 e. The van der Waals surface area contributed by atoms with Gasteiger partial charge < -0.3 is 5.73 Å². The van der Waals surface area contributed by atoms with E-state index in [2.05, 4.69) is 15.3 Å². The molecule has 19 heavy (non-hydrogen) atoms. The van der Waals surface area contributed by atoms with Crippen LogP contribution in [0.4, 0.5) is 0 Å². The van der Waals surface area contributed by atoms with E-state index >= 15 is 0 Å². The summed E-state index contributed by atoms with van der Waals surface area (Å²) >= 11 is 0. The predicted molar refractivity (Wildman–Crippen MR) is 74.2 cm³/mol. The van der Waals surface area contributed by atoms with Crippen molar-refractivity contribution in [2.24, 2.45) is 10.8 Å². The number of azide groups is 1. The Bertz CT molecular complexity index is 455. The van der Waals surface area contributed by atoms with Crippen molar-refractivity contribution in [3.8, 4) is 0 Å². The molecule has 0 radical (unpaired) electrons. The summed E-state index contributed by atoms with van der Waals surface area (Å²) in [4.78, 5) is 14.6. The first kappa shape index (κ1) is 15.0. The molecule has 0 aliphatic heterocycles. The number of hydrogen-bond donors (Lipinski definition) is 2. The zero-order valence-corrected chi connectivity index (χ0v) is 11.0. The zero-order valence-electron chi connectivity index (χ0n) is 11.0. The minimum absolute atomic E-state index is 0.280. The highest BCUT2D eigenvalue weighted by Gasteiger charge is 2.36. The number of rotatable bonds is 8. The Balaban J connectivity index is 3.00. The number of carbonyl (C=O) groups is 1. The van der Waals surface area contributed by atoms with Gasteiger partial charge in [-0.25, -0.2) is 0 Å². The largest absolute Gasteiger partial charge is 0.368 e. The van der Waals surface area contributed by atoms with Crippen molar-refractivity contribution in [2.75, 3.05) is 13.1 Å². The van der Waals surface area contributed by atoms with E-state index in [1.54, 1.807) is 0 Å². The molecule has 6 nitrogen and oxygen atoms in total. The average Bonchev–Trinajstić information content (AvgIpc) is 2.43. The van der Waals surface area contributed by atoms with E-state index in [4.69, 9.17) is 11.3 Å². The molecule has 1 aromatic carbocycles. The molecule has 0 fully saturated rings. The summed E-state index contributed by atoms with van der Waals surface area (Å²) in [5.41, 5.74) is 13.8. The van der Waals surface area contributed by atoms with Gasteiger partial charge in [0.15, 0.2) is 0 Å². The molecule has 1 rings (SSSR count). The maximum atomic E-state index is 11.9. The highest BCUT2D eigenvalue weighted by Crippen LogP contribution is 2.26. The molecule has 1 aromatic rings. The summed E-state index contributed by atoms with van der Waals surface area (Å²) in [7, 11) is 0. The molecule has 102 valence electrons. The van der Waals surface area contributed by atoms with Crippen molar-refractivity contribution in [1.29, 1.82) is 0 Å². The number of nitrogens with two attached hydrogens (primary N) is 1. The van der Waals surface area contributed by atoms with E-state index in [1.165, 1.54) is 0 Å². The summed E-state index contributed by atoms with van der Waals surface area (Å²) < 4.78 is 0. The average molecular weight is 261 g/mol. The van der Waals surface area contributed by atoms with Gasteiger partial charge in [-0.15, -0.1) is 0 Å². The second kappa shape index (κ2) is 7.41. The number of benzene rings is 1. The summed E-state index contributed by atoms with van der Waals surface area (Å²) in [6.07, 6.45) is 1.41. The van der Waals surface area contributed by atoms with Crippen LogP contribution < -0.4 is 11.1 Å². The Morgan fingerprint density at radius 3 is 2.68 bits per heavy atom. The monoisotopic (exact) mass is 261 g/mol. The van der Waals surface area contributed by atoms with Gasteiger partial charge >= 0.3 is 0 Å². The van der Waals surface area contributed by atoms with Crippen LogP contribution in [0.25, 0.3) is 10.4 Å². The normalized spacial score (nSPS) is 13.3. The molecule has 1 amide bonds. The number of amides is 1. The van der Waals surface area contributed by atoms with Crippen molar-refractivity contribution < 1.29 is 4.79 Å². The maximum absolute atomic E-state index is 11.9. The lowest BCUT2D eigenvalue weighted by molar-refractivity contribution is -0.125. The van der Waals surface area contributed by atoms with Crippen LogP contribution in [0.5, 0.6) is 0 Å². The summed E-state index contributed by atoms with van der Waals surface area (Å²) in [6.45, 7) is 2.68. The van der Waals surface area contributed by atoms with Crippen LogP contribution in [0.1, 0.15) is 25.3 Å². The topological polar surface area (TPSA) is 104 Å². The molecule has 0 saturated heterocycles. The van der Waals surface area contributed by atoms with Crippen LogP contribution in [0.3, 0.4) is 0 Å². The van der Waals surface area contributed by atoms with Crippen LogP contribution in [0, 0.1) is 0 Å². The van der Waals surface area contributed by atoms with Crippen molar-refractivity contribution in [1.82, 2.24) is 5.32 Å².